The Morgan fingerprint density at radius 1 is 1.08 bits per heavy atom. The molecule has 0 aliphatic rings. The van der Waals surface area contributed by atoms with E-state index < -0.39 is 30.1 Å². The van der Waals surface area contributed by atoms with Crippen molar-refractivity contribution in [1.82, 2.24) is 0 Å². The SMILES string of the molecule is Cc1ccc(C(=O)CCC(=O)OCC(=O)Nc2ccc(F)c(F)c2)s1. The summed E-state index contributed by atoms with van der Waals surface area (Å²) in [6.07, 6.45) is -0.155. The molecule has 1 amide bonds. The summed E-state index contributed by atoms with van der Waals surface area (Å²) >= 11 is 1.35. The van der Waals surface area contributed by atoms with Gasteiger partial charge in [0.2, 0.25) is 0 Å². The van der Waals surface area contributed by atoms with Gasteiger partial charge in [0, 0.05) is 23.1 Å². The fourth-order valence-electron chi connectivity index (χ4n) is 1.91. The van der Waals surface area contributed by atoms with Crippen LogP contribution >= 0.6 is 11.3 Å². The molecule has 1 aromatic heterocycles. The highest BCUT2D eigenvalue weighted by Crippen LogP contribution is 2.17. The van der Waals surface area contributed by atoms with E-state index in [1.165, 1.54) is 17.4 Å². The lowest BCUT2D eigenvalue weighted by atomic mass is 10.2. The molecule has 0 atom stereocenters. The monoisotopic (exact) mass is 367 g/mol. The van der Waals surface area contributed by atoms with Crippen LogP contribution in [-0.4, -0.2) is 24.3 Å². The van der Waals surface area contributed by atoms with E-state index >= 15 is 0 Å². The number of ketones is 1. The first-order chi connectivity index (χ1) is 11.8. The van der Waals surface area contributed by atoms with Crippen molar-refractivity contribution >= 4 is 34.7 Å². The van der Waals surface area contributed by atoms with Crippen LogP contribution in [0, 0.1) is 18.6 Å². The number of anilines is 1. The zero-order valence-electron chi connectivity index (χ0n) is 13.3. The summed E-state index contributed by atoms with van der Waals surface area (Å²) in [6, 6.07) is 6.38. The highest BCUT2D eigenvalue weighted by Gasteiger charge is 2.13. The normalized spacial score (nSPS) is 10.4. The van der Waals surface area contributed by atoms with Crippen molar-refractivity contribution in [2.75, 3.05) is 11.9 Å². The molecule has 25 heavy (non-hydrogen) atoms. The highest BCUT2D eigenvalue weighted by molar-refractivity contribution is 7.14. The fourth-order valence-corrected chi connectivity index (χ4v) is 2.75. The first kappa shape index (κ1) is 18.7. The van der Waals surface area contributed by atoms with Crippen molar-refractivity contribution in [2.45, 2.75) is 19.8 Å². The van der Waals surface area contributed by atoms with Gasteiger partial charge in [0.15, 0.2) is 24.0 Å². The molecule has 0 saturated heterocycles. The van der Waals surface area contributed by atoms with E-state index in [0.29, 0.717) is 4.88 Å². The van der Waals surface area contributed by atoms with E-state index in [-0.39, 0.29) is 24.3 Å². The number of benzene rings is 1. The number of aryl methyl sites for hydroxylation is 1. The molecule has 0 radical (unpaired) electrons. The van der Waals surface area contributed by atoms with Crippen molar-refractivity contribution < 1.29 is 27.9 Å². The number of rotatable bonds is 7. The van der Waals surface area contributed by atoms with Crippen LogP contribution in [0.15, 0.2) is 30.3 Å². The van der Waals surface area contributed by atoms with Crippen molar-refractivity contribution in [3.8, 4) is 0 Å². The maximum atomic E-state index is 13.0. The van der Waals surface area contributed by atoms with Gasteiger partial charge in [0.25, 0.3) is 5.91 Å². The number of hydrogen-bond acceptors (Lipinski definition) is 5. The first-order valence-corrected chi connectivity index (χ1v) is 8.17. The van der Waals surface area contributed by atoms with Gasteiger partial charge in [-0.1, -0.05) is 0 Å². The molecule has 5 nitrogen and oxygen atoms in total. The molecule has 0 fully saturated rings. The molecule has 2 aromatic rings. The second-order valence-corrected chi connectivity index (χ2v) is 6.46. The highest BCUT2D eigenvalue weighted by atomic mass is 32.1. The van der Waals surface area contributed by atoms with Gasteiger partial charge in [-0.15, -0.1) is 11.3 Å². The molecular weight excluding hydrogens is 352 g/mol. The summed E-state index contributed by atoms with van der Waals surface area (Å²) in [6.45, 7) is 1.30. The van der Waals surface area contributed by atoms with Crippen LogP contribution < -0.4 is 5.32 Å². The Bertz CT molecular complexity index is 804. The molecule has 132 valence electrons. The third kappa shape index (κ3) is 5.75. The van der Waals surface area contributed by atoms with Gasteiger partial charge in [-0.05, 0) is 31.2 Å². The number of halogens is 2. The van der Waals surface area contributed by atoms with Gasteiger partial charge < -0.3 is 10.1 Å². The van der Waals surface area contributed by atoms with Crippen molar-refractivity contribution in [3.05, 3.63) is 51.7 Å². The van der Waals surface area contributed by atoms with Crippen LogP contribution in [0.4, 0.5) is 14.5 Å². The average Bonchev–Trinajstić information content (AvgIpc) is 3.00. The van der Waals surface area contributed by atoms with Gasteiger partial charge in [0.1, 0.15) is 0 Å². The van der Waals surface area contributed by atoms with E-state index in [1.807, 2.05) is 13.0 Å². The van der Waals surface area contributed by atoms with E-state index in [0.717, 1.165) is 17.0 Å². The molecular formula is C17H15F2NO4S. The summed E-state index contributed by atoms with van der Waals surface area (Å²) in [5.74, 6) is -3.69. The van der Waals surface area contributed by atoms with Gasteiger partial charge in [-0.25, -0.2) is 8.78 Å². The topological polar surface area (TPSA) is 72.5 Å². The van der Waals surface area contributed by atoms with Crippen LogP contribution in [0.1, 0.15) is 27.4 Å². The van der Waals surface area contributed by atoms with Crippen LogP contribution in [0.3, 0.4) is 0 Å². The molecule has 1 heterocycles. The number of esters is 1. The van der Waals surface area contributed by atoms with Gasteiger partial charge in [-0.2, -0.15) is 0 Å². The second-order valence-electron chi connectivity index (χ2n) is 5.17. The summed E-state index contributed by atoms with van der Waals surface area (Å²) in [5.41, 5.74) is 0.0446. The quantitative estimate of drug-likeness (QED) is 0.601. The van der Waals surface area contributed by atoms with Gasteiger partial charge in [-0.3, -0.25) is 14.4 Å². The number of Topliss-reactive ketones (excluding diaryl/α,β-unsaturated/α-hetero) is 1. The molecule has 1 aromatic carbocycles. The Balaban J connectivity index is 1.72. The lowest BCUT2D eigenvalue weighted by Gasteiger charge is -2.06. The molecule has 0 aliphatic carbocycles. The fraction of sp³-hybridized carbons (Fsp3) is 0.235. The Morgan fingerprint density at radius 3 is 2.48 bits per heavy atom. The van der Waals surface area contributed by atoms with E-state index in [4.69, 9.17) is 4.74 Å². The number of amides is 1. The molecule has 0 spiro atoms. The maximum Gasteiger partial charge on any atom is 0.306 e. The Morgan fingerprint density at radius 2 is 1.84 bits per heavy atom. The number of nitrogens with one attached hydrogen (secondary N) is 1. The standard InChI is InChI=1S/C17H15F2NO4S/c1-10-2-6-15(25-10)14(21)5-7-17(23)24-9-16(22)20-11-3-4-12(18)13(19)8-11/h2-4,6,8H,5,7,9H2,1H3,(H,20,22). The predicted octanol–water partition coefficient (Wildman–Crippen LogP) is 3.48. The minimum Gasteiger partial charge on any atom is -0.456 e. The largest absolute Gasteiger partial charge is 0.456 e. The van der Waals surface area contributed by atoms with Crippen molar-refractivity contribution in [3.63, 3.8) is 0 Å². The minimum absolute atomic E-state index is 0.0103. The van der Waals surface area contributed by atoms with Crippen LogP contribution in [0.2, 0.25) is 0 Å². The van der Waals surface area contributed by atoms with E-state index in [2.05, 4.69) is 5.32 Å². The van der Waals surface area contributed by atoms with E-state index in [1.54, 1.807) is 6.07 Å². The Hall–Kier alpha value is -2.61. The van der Waals surface area contributed by atoms with Crippen LogP contribution in [-0.2, 0) is 14.3 Å². The Labute approximate surface area is 146 Å². The maximum absolute atomic E-state index is 13.0. The number of ether oxygens (including phenoxy) is 1. The van der Waals surface area contributed by atoms with E-state index in [9.17, 15) is 23.2 Å². The van der Waals surface area contributed by atoms with Gasteiger partial charge in [0.05, 0.1) is 11.3 Å². The molecule has 1 N–H and O–H groups in total. The molecule has 0 saturated carbocycles. The third-order valence-corrected chi connectivity index (χ3v) is 4.18. The number of carbonyl (C=O) groups is 3. The number of thiophene rings is 1. The average molecular weight is 367 g/mol. The summed E-state index contributed by atoms with van der Waals surface area (Å²) in [4.78, 5) is 36.6. The summed E-state index contributed by atoms with van der Waals surface area (Å²) < 4.78 is 30.6. The molecule has 8 heteroatoms. The first-order valence-electron chi connectivity index (χ1n) is 7.35. The third-order valence-electron chi connectivity index (χ3n) is 3.14. The van der Waals surface area contributed by atoms with Crippen molar-refractivity contribution in [1.29, 1.82) is 0 Å². The Kier molecular flexibility index (Phi) is 6.35. The lowest BCUT2D eigenvalue weighted by Crippen LogP contribution is -2.21. The smallest absolute Gasteiger partial charge is 0.306 e. The molecule has 0 aliphatic heterocycles. The molecule has 0 unspecified atom stereocenters. The second kappa shape index (κ2) is 8.48. The zero-order chi connectivity index (χ0) is 18.4. The van der Waals surface area contributed by atoms with Crippen LogP contribution in [0.25, 0.3) is 0 Å². The summed E-state index contributed by atoms with van der Waals surface area (Å²) in [7, 11) is 0. The van der Waals surface area contributed by atoms with Gasteiger partial charge >= 0.3 is 5.97 Å². The zero-order valence-corrected chi connectivity index (χ0v) is 14.1. The predicted molar refractivity (Wildman–Crippen MR) is 88.6 cm³/mol. The molecule has 2 rings (SSSR count). The lowest BCUT2D eigenvalue weighted by molar-refractivity contribution is -0.147. The summed E-state index contributed by atoms with van der Waals surface area (Å²) in [5, 5.41) is 2.27. The van der Waals surface area contributed by atoms with Crippen LogP contribution in [0.5, 0.6) is 0 Å². The number of hydrogen-bond donors (Lipinski definition) is 1. The number of carbonyl (C=O) groups excluding carboxylic acids is 3. The molecule has 0 bridgehead atoms. The minimum atomic E-state index is -1.10. The van der Waals surface area contributed by atoms with Crippen molar-refractivity contribution in [2.24, 2.45) is 0 Å².